The van der Waals surface area contributed by atoms with Crippen LogP contribution in [0.2, 0.25) is 0 Å². The summed E-state index contributed by atoms with van der Waals surface area (Å²) in [6, 6.07) is 12.0. The van der Waals surface area contributed by atoms with Crippen LogP contribution in [-0.2, 0) is 11.3 Å². The first-order chi connectivity index (χ1) is 15.6. The number of piperazine rings is 1. The van der Waals surface area contributed by atoms with Crippen LogP contribution in [0.1, 0.15) is 12.0 Å². The monoisotopic (exact) mass is 465 g/mol. The van der Waals surface area contributed by atoms with E-state index in [1.54, 1.807) is 17.5 Å². The number of hydrogen-bond acceptors (Lipinski definition) is 7. The lowest BCUT2D eigenvalue weighted by molar-refractivity contribution is -0.131. The molecular formula is C22H23N7OS2. The maximum absolute atomic E-state index is 12.9. The highest BCUT2D eigenvalue weighted by molar-refractivity contribution is 7.71. The number of hydrogen-bond donors (Lipinski definition) is 1. The fourth-order valence-corrected chi connectivity index (χ4v) is 5.04. The molecule has 0 bridgehead atoms. The number of aromatic nitrogens is 5. The van der Waals surface area contributed by atoms with Crippen molar-refractivity contribution in [2.75, 3.05) is 31.1 Å². The van der Waals surface area contributed by atoms with Crippen LogP contribution in [-0.4, -0.2) is 61.7 Å². The van der Waals surface area contributed by atoms with Crippen molar-refractivity contribution in [1.29, 1.82) is 0 Å². The van der Waals surface area contributed by atoms with Crippen molar-refractivity contribution in [3.8, 4) is 11.4 Å². The van der Waals surface area contributed by atoms with Crippen molar-refractivity contribution < 1.29 is 4.79 Å². The number of pyridine rings is 1. The van der Waals surface area contributed by atoms with Gasteiger partial charge in [0.1, 0.15) is 10.3 Å². The minimum Gasteiger partial charge on any atom is -0.344 e. The molecule has 0 aliphatic carbocycles. The number of anilines is 1. The van der Waals surface area contributed by atoms with Crippen LogP contribution in [0, 0.1) is 11.7 Å². The second-order valence-electron chi connectivity index (χ2n) is 7.81. The number of thiazole rings is 1. The van der Waals surface area contributed by atoms with Crippen molar-refractivity contribution in [2.45, 2.75) is 19.9 Å². The largest absolute Gasteiger partial charge is 0.344 e. The van der Waals surface area contributed by atoms with Crippen LogP contribution >= 0.6 is 23.6 Å². The van der Waals surface area contributed by atoms with E-state index in [2.05, 4.69) is 25.1 Å². The highest BCUT2D eigenvalue weighted by Gasteiger charge is 2.23. The van der Waals surface area contributed by atoms with Crippen molar-refractivity contribution in [1.82, 2.24) is 29.6 Å². The van der Waals surface area contributed by atoms with Gasteiger partial charge in [0.15, 0.2) is 15.7 Å². The van der Waals surface area contributed by atoms with E-state index < -0.39 is 0 Å². The summed E-state index contributed by atoms with van der Waals surface area (Å²) in [6.45, 7) is 5.46. The smallest absolute Gasteiger partial charge is 0.224 e. The molecule has 1 fully saturated rings. The molecule has 0 spiro atoms. The van der Waals surface area contributed by atoms with E-state index in [1.165, 1.54) is 5.56 Å². The van der Waals surface area contributed by atoms with E-state index in [4.69, 9.17) is 12.2 Å². The minimum absolute atomic E-state index is 0.133. The van der Waals surface area contributed by atoms with E-state index >= 15 is 0 Å². The van der Waals surface area contributed by atoms with Gasteiger partial charge in [-0.1, -0.05) is 41.2 Å². The van der Waals surface area contributed by atoms with E-state index in [0.717, 1.165) is 40.0 Å². The second kappa shape index (κ2) is 8.79. The van der Waals surface area contributed by atoms with Crippen LogP contribution < -0.4 is 4.90 Å². The molecule has 164 valence electrons. The Morgan fingerprint density at radius 2 is 1.94 bits per heavy atom. The van der Waals surface area contributed by atoms with Gasteiger partial charge in [-0.3, -0.25) is 14.5 Å². The van der Waals surface area contributed by atoms with Crippen molar-refractivity contribution in [3.63, 3.8) is 0 Å². The molecule has 5 rings (SSSR count). The molecule has 1 aliphatic heterocycles. The molecule has 3 aromatic heterocycles. The molecule has 1 N–H and O–H groups in total. The number of carbonyl (C=O) groups is 1. The molecule has 10 heteroatoms. The highest BCUT2D eigenvalue weighted by Crippen LogP contribution is 2.27. The summed E-state index contributed by atoms with van der Waals surface area (Å²) < 4.78 is 2.44. The van der Waals surface area contributed by atoms with Gasteiger partial charge in [-0.2, -0.15) is 5.10 Å². The summed E-state index contributed by atoms with van der Waals surface area (Å²) in [5.41, 5.74) is 3.09. The number of carbonyl (C=O) groups excluding carboxylic acids is 1. The lowest BCUT2D eigenvalue weighted by Crippen LogP contribution is -2.48. The van der Waals surface area contributed by atoms with Gasteiger partial charge < -0.3 is 9.80 Å². The number of H-pyrrole nitrogens is 1. The van der Waals surface area contributed by atoms with Crippen LogP contribution in [0.5, 0.6) is 0 Å². The zero-order valence-electron chi connectivity index (χ0n) is 17.7. The van der Waals surface area contributed by atoms with Gasteiger partial charge >= 0.3 is 0 Å². The molecule has 0 saturated carbocycles. The first-order valence-corrected chi connectivity index (χ1v) is 11.8. The Morgan fingerprint density at radius 1 is 1.16 bits per heavy atom. The zero-order chi connectivity index (χ0) is 22.1. The van der Waals surface area contributed by atoms with Gasteiger partial charge in [-0.05, 0) is 31.3 Å². The second-order valence-corrected chi connectivity index (χ2v) is 9.15. The van der Waals surface area contributed by atoms with E-state index in [-0.39, 0.29) is 5.91 Å². The highest BCUT2D eigenvalue weighted by atomic mass is 32.1. The zero-order valence-corrected chi connectivity index (χ0v) is 19.3. The lowest BCUT2D eigenvalue weighted by atomic mass is 10.1. The molecule has 0 atom stereocenters. The first kappa shape index (κ1) is 20.8. The first-order valence-electron chi connectivity index (χ1n) is 10.5. The summed E-state index contributed by atoms with van der Waals surface area (Å²) in [5.74, 6) is 0.894. The number of nitrogens with zero attached hydrogens (tertiary/aromatic N) is 6. The maximum Gasteiger partial charge on any atom is 0.224 e. The number of aryl methyl sites for hydroxylation is 1. The average molecular weight is 466 g/mol. The maximum atomic E-state index is 12.9. The van der Waals surface area contributed by atoms with Crippen LogP contribution in [0.25, 0.3) is 21.7 Å². The van der Waals surface area contributed by atoms with Gasteiger partial charge in [0, 0.05) is 50.9 Å². The molecule has 1 amide bonds. The van der Waals surface area contributed by atoms with Gasteiger partial charge in [0.25, 0.3) is 0 Å². The predicted octanol–water partition coefficient (Wildman–Crippen LogP) is 3.66. The molecule has 0 unspecified atom stereocenters. The summed E-state index contributed by atoms with van der Waals surface area (Å²) in [6.07, 6.45) is 2.18. The summed E-state index contributed by atoms with van der Waals surface area (Å²) >= 11 is 7.01. The summed E-state index contributed by atoms with van der Waals surface area (Å²) in [7, 11) is 0. The Kier molecular flexibility index (Phi) is 5.71. The molecule has 4 aromatic rings. The number of fused-ring (bicyclic) bond motifs is 1. The van der Waals surface area contributed by atoms with Crippen LogP contribution in [0.3, 0.4) is 0 Å². The SMILES string of the molecule is Cc1ccc(-c2n[nH]c(=S)n2CCC(=O)N2CCN(c3nc4cccnc4s3)CC2)cc1. The minimum atomic E-state index is 0.133. The molecule has 1 saturated heterocycles. The van der Waals surface area contributed by atoms with Gasteiger partial charge in [0.2, 0.25) is 5.91 Å². The van der Waals surface area contributed by atoms with Crippen LogP contribution in [0.4, 0.5) is 5.13 Å². The number of amides is 1. The van der Waals surface area contributed by atoms with Gasteiger partial charge in [-0.25, -0.2) is 9.97 Å². The molecule has 8 nitrogen and oxygen atoms in total. The fraction of sp³-hybridized carbons (Fsp3) is 0.318. The molecule has 1 aliphatic rings. The van der Waals surface area contributed by atoms with Crippen molar-refractivity contribution in [2.24, 2.45) is 0 Å². The fourth-order valence-electron chi connectivity index (χ4n) is 3.85. The lowest BCUT2D eigenvalue weighted by Gasteiger charge is -2.34. The third kappa shape index (κ3) is 4.15. The Labute approximate surface area is 194 Å². The van der Waals surface area contributed by atoms with E-state index in [9.17, 15) is 4.79 Å². The molecule has 4 heterocycles. The quantitative estimate of drug-likeness (QED) is 0.453. The summed E-state index contributed by atoms with van der Waals surface area (Å²) in [4.78, 5) is 27.1. The third-order valence-corrected chi connectivity index (χ3v) is 7.03. The van der Waals surface area contributed by atoms with Gasteiger partial charge in [-0.15, -0.1) is 0 Å². The number of nitrogens with one attached hydrogen (secondary N) is 1. The van der Waals surface area contributed by atoms with E-state index in [0.29, 0.717) is 30.8 Å². The average Bonchev–Trinajstić information content (AvgIpc) is 3.41. The van der Waals surface area contributed by atoms with Crippen molar-refractivity contribution in [3.05, 3.63) is 52.9 Å². The Hall–Kier alpha value is -3.11. The molecular weight excluding hydrogens is 442 g/mol. The normalized spacial score (nSPS) is 14.3. The van der Waals surface area contributed by atoms with E-state index in [1.807, 2.05) is 52.8 Å². The number of benzene rings is 1. The standard InChI is InChI=1S/C22H23N7OS2/c1-15-4-6-16(7-5-15)19-25-26-21(31)29(19)10-8-18(30)27-11-13-28(14-12-27)22-24-17-3-2-9-23-20(17)32-22/h2-7,9H,8,10-14H2,1H3,(H,26,31). The van der Waals surface area contributed by atoms with Gasteiger partial charge in [0.05, 0.1) is 0 Å². The molecule has 32 heavy (non-hydrogen) atoms. The number of rotatable bonds is 5. The molecule has 1 aromatic carbocycles. The predicted molar refractivity (Wildman–Crippen MR) is 128 cm³/mol. The number of aromatic amines is 1. The Morgan fingerprint density at radius 3 is 2.69 bits per heavy atom. The Bertz CT molecular complexity index is 1270. The van der Waals surface area contributed by atoms with Crippen LogP contribution in [0.15, 0.2) is 42.6 Å². The van der Waals surface area contributed by atoms with Crippen molar-refractivity contribution >= 4 is 44.9 Å². The Balaban J connectivity index is 1.20. The summed E-state index contributed by atoms with van der Waals surface area (Å²) in [5, 5.41) is 8.20. The topological polar surface area (TPSA) is 82.9 Å². The molecule has 0 radical (unpaired) electrons. The third-order valence-electron chi connectivity index (χ3n) is 5.68.